The summed E-state index contributed by atoms with van der Waals surface area (Å²) in [6.45, 7) is 0.731. The molecule has 0 aliphatic rings. The van der Waals surface area contributed by atoms with E-state index in [-0.39, 0.29) is 5.82 Å². The third-order valence-corrected chi connectivity index (χ3v) is 7.18. The third kappa shape index (κ3) is 2.87. The quantitative estimate of drug-likeness (QED) is 0.272. The van der Waals surface area contributed by atoms with Crippen molar-refractivity contribution < 1.29 is 8.50 Å². The maximum absolute atomic E-state index is 14.2. The molecule has 0 bridgehead atoms. The normalized spacial score (nSPS) is 13.5. The van der Waals surface area contributed by atoms with Crippen molar-refractivity contribution in [3.63, 3.8) is 0 Å². The smallest absolute Gasteiger partial charge is 0.142 e. The Bertz CT molecular complexity index is 1730. The monoisotopic (exact) mass is 439 g/mol. The number of fused-ring (bicyclic) bond motifs is 4. The van der Waals surface area contributed by atoms with Crippen molar-refractivity contribution in [3.8, 4) is 22.5 Å². The number of halogens is 1. The van der Waals surface area contributed by atoms with E-state index in [4.69, 9.17) is 9.10 Å². The van der Waals surface area contributed by atoms with Crippen molar-refractivity contribution in [3.05, 3.63) is 90.2 Å². The Hall–Kier alpha value is -3.50. The lowest BCUT2D eigenvalue weighted by Crippen LogP contribution is -1.97. The maximum Gasteiger partial charge on any atom is 0.142 e. The Morgan fingerprint density at radius 2 is 1.78 bits per heavy atom. The van der Waals surface area contributed by atoms with Gasteiger partial charge in [-0.05, 0) is 61.3 Å². The molecule has 4 heteroatoms. The molecule has 0 amide bonds. The second-order valence-corrected chi connectivity index (χ2v) is 8.91. The molecule has 0 unspecified atom stereocenters. The van der Waals surface area contributed by atoms with Crippen molar-refractivity contribution in [1.82, 2.24) is 9.55 Å². The van der Waals surface area contributed by atoms with Crippen LogP contribution in [-0.2, 0) is 6.54 Å². The fraction of sp³-hybridized carbons (Fsp3) is 0.107. The molecule has 6 aromatic rings. The molecule has 2 nitrogen and oxygen atoms in total. The SMILES string of the molecule is [2H]C([2H])([2H])c1ccc(-c2ccc(-c3nc4ccccc4n3CC)c3sc4cc(F)ccc4c23)cc1. The Morgan fingerprint density at radius 1 is 0.969 bits per heavy atom. The lowest BCUT2D eigenvalue weighted by atomic mass is 9.96. The first-order chi connectivity index (χ1) is 16.8. The largest absolute Gasteiger partial charge is 0.324 e. The minimum atomic E-state index is -2.15. The van der Waals surface area contributed by atoms with Gasteiger partial charge in [0.1, 0.15) is 11.6 Å². The molecular weight excluding hydrogens is 415 g/mol. The van der Waals surface area contributed by atoms with Gasteiger partial charge >= 0.3 is 0 Å². The minimum absolute atomic E-state index is 0.269. The van der Waals surface area contributed by atoms with Gasteiger partial charge in [-0.1, -0.05) is 48.0 Å². The second kappa shape index (κ2) is 7.28. The lowest BCUT2D eigenvalue weighted by molar-refractivity contribution is 0.630. The summed E-state index contributed by atoms with van der Waals surface area (Å²) in [6, 6.07) is 24.2. The molecule has 0 aliphatic heterocycles. The zero-order valence-corrected chi connectivity index (χ0v) is 18.2. The maximum atomic E-state index is 14.2. The molecule has 156 valence electrons. The first kappa shape index (κ1) is 16.2. The number of rotatable bonds is 3. The van der Waals surface area contributed by atoms with Crippen LogP contribution in [0.3, 0.4) is 0 Å². The molecular formula is C28H21FN2S. The predicted molar refractivity (Wildman–Crippen MR) is 134 cm³/mol. The molecule has 2 aromatic heterocycles. The topological polar surface area (TPSA) is 17.8 Å². The van der Waals surface area contributed by atoms with E-state index >= 15 is 0 Å². The third-order valence-electron chi connectivity index (χ3n) is 5.99. The predicted octanol–water partition coefficient (Wildman–Crippen LogP) is 8.21. The van der Waals surface area contributed by atoms with E-state index in [1.165, 1.54) is 6.07 Å². The molecule has 0 saturated heterocycles. The summed E-state index contributed by atoms with van der Waals surface area (Å²) in [5.41, 5.74) is 5.23. The average Bonchev–Trinajstić information content (AvgIpc) is 3.41. The van der Waals surface area contributed by atoms with E-state index in [0.717, 1.165) is 60.3 Å². The molecule has 0 N–H and O–H groups in total. The van der Waals surface area contributed by atoms with Gasteiger partial charge < -0.3 is 4.57 Å². The van der Waals surface area contributed by atoms with E-state index in [2.05, 4.69) is 29.7 Å². The Kier molecular flexibility index (Phi) is 3.68. The molecule has 4 aromatic carbocycles. The second-order valence-electron chi connectivity index (χ2n) is 7.85. The molecule has 0 saturated carbocycles. The lowest BCUT2D eigenvalue weighted by Gasteiger charge is -2.11. The summed E-state index contributed by atoms with van der Waals surface area (Å²) in [5.74, 6) is 0.616. The van der Waals surface area contributed by atoms with E-state index < -0.39 is 6.85 Å². The van der Waals surface area contributed by atoms with Crippen LogP contribution in [0, 0.1) is 12.7 Å². The summed E-state index contributed by atoms with van der Waals surface area (Å²) in [7, 11) is 0. The molecule has 0 aliphatic carbocycles. The average molecular weight is 440 g/mol. The summed E-state index contributed by atoms with van der Waals surface area (Å²) in [5, 5.41) is 2.00. The molecule has 0 fully saturated rings. The molecule has 2 heterocycles. The Balaban J connectivity index is 1.66. The molecule has 0 spiro atoms. The van der Waals surface area contributed by atoms with E-state index in [1.807, 2.05) is 36.4 Å². The van der Waals surface area contributed by atoms with Crippen LogP contribution < -0.4 is 0 Å². The summed E-state index contributed by atoms with van der Waals surface area (Å²) >= 11 is 1.56. The van der Waals surface area contributed by atoms with Crippen LogP contribution in [0.1, 0.15) is 16.6 Å². The standard InChI is InChI=1S/C28H21FN2S/c1-3-31-24-7-5-4-6-23(24)30-28(31)22-15-14-20(18-10-8-17(2)9-11-18)26-21-13-12-19(29)16-25(21)32-27(22)26/h4-16H,3H2,1-2H3/i2D3. The van der Waals surface area contributed by atoms with Gasteiger partial charge in [0.05, 0.1) is 11.0 Å². The number of hydrogen-bond acceptors (Lipinski definition) is 2. The van der Waals surface area contributed by atoms with Crippen molar-refractivity contribution in [1.29, 1.82) is 0 Å². The van der Waals surface area contributed by atoms with Gasteiger partial charge in [-0.3, -0.25) is 0 Å². The van der Waals surface area contributed by atoms with Crippen LogP contribution in [-0.4, -0.2) is 9.55 Å². The minimum Gasteiger partial charge on any atom is -0.324 e. The van der Waals surface area contributed by atoms with Crippen LogP contribution in [0.15, 0.2) is 78.9 Å². The van der Waals surface area contributed by atoms with Crippen LogP contribution in [0.4, 0.5) is 4.39 Å². The number of aromatic nitrogens is 2. The van der Waals surface area contributed by atoms with E-state index in [1.54, 1.807) is 29.5 Å². The van der Waals surface area contributed by atoms with Gasteiger partial charge in [-0.15, -0.1) is 11.3 Å². The van der Waals surface area contributed by atoms with Gasteiger partial charge in [0.2, 0.25) is 0 Å². The van der Waals surface area contributed by atoms with Crippen LogP contribution in [0.5, 0.6) is 0 Å². The van der Waals surface area contributed by atoms with Crippen LogP contribution in [0.25, 0.3) is 53.7 Å². The van der Waals surface area contributed by atoms with Gasteiger partial charge in [0.25, 0.3) is 0 Å². The Labute approximate surface area is 193 Å². The summed E-state index contributed by atoms with van der Waals surface area (Å²) in [4.78, 5) is 4.97. The van der Waals surface area contributed by atoms with Crippen LogP contribution in [0.2, 0.25) is 0 Å². The fourth-order valence-corrected chi connectivity index (χ4v) is 5.78. The highest BCUT2D eigenvalue weighted by molar-refractivity contribution is 7.26. The fourth-order valence-electron chi connectivity index (χ4n) is 4.52. The molecule has 6 rings (SSSR count). The molecule has 0 atom stereocenters. The number of hydrogen-bond donors (Lipinski definition) is 0. The highest BCUT2D eigenvalue weighted by Crippen LogP contribution is 2.45. The first-order valence-electron chi connectivity index (χ1n) is 12.1. The van der Waals surface area contributed by atoms with Gasteiger partial charge in [-0.25, -0.2) is 9.37 Å². The van der Waals surface area contributed by atoms with Crippen molar-refractivity contribution >= 4 is 42.5 Å². The van der Waals surface area contributed by atoms with Crippen molar-refractivity contribution in [2.75, 3.05) is 0 Å². The van der Waals surface area contributed by atoms with Gasteiger partial charge in [-0.2, -0.15) is 0 Å². The number of benzene rings is 4. The zero-order valence-electron chi connectivity index (χ0n) is 20.4. The van der Waals surface area contributed by atoms with E-state index in [9.17, 15) is 4.39 Å². The summed E-state index contributed by atoms with van der Waals surface area (Å²) < 4.78 is 41.3. The first-order valence-corrected chi connectivity index (χ1v) is 11.4. The van der Waals surface area contributed by atoms with Crippen LogP contribution >= 0.6 is 11.3 Å². The molecule has 0 radical (unpaired) electrons. The highest BCUT2D eigenvalue weighted by atomic mass is 32.1. The molecule has 32 heavy (non-hydrogen) atoms. The van der Waals surface area contributed by atoms with Gasteiger partial charge in [0.15, 0.2) is 0 Å². The Morgan fingerprint density at radius 3 is 2.59 bits per heavy atom. The number of thiophene rings is 1. The van der Waals surface area contributed by atoms with E-state index in [0.29, 0.717) is 5.56 Å². The number of imidazole rings is 1. The zero-order chi connectivity index (χ0) is 24.3. The van der Waals surface area contributed by atoms with Gasteiger partial charge in [0, 0.05) is 36.4 Å². The number of para-hydroxylation sites is 2. The number of aryl methyl sites for hydroxylation is 2. The number of nitrogens with zero attached hydrogens (tertiary/aromatic N) is 2. The highest BCUT2D eigenvalue weighted by Gasteiger charge is 2.19. The van der Waals surface area contributed by atoms with Crippen molar-refractivity contribution in [2.45, 2.75) is 20.3 Å². The summed E-state index contributed by atoms with van der Waals surface area (Å²) in [6.07, 6.45) is 0. The van der Waals surface area contributed by atoms with Crippen molar-refractivity contribution in [2.24, 2.45) is 0 Å².